The largest absolute Gasteiger partial charge is 0.297 e. The third-order valence-corrected chi connectivity index (χ3v) is 6.70. The van der Waals surface area contributed by atoms with Crippen LogP contribution in [0.1, 0.15) is 32.3 Å². The highest BCUT2D eigenvalue weighted by Crippen LogP contribution is 2.59. The molecule has 0 aromatic heterocycles. The molecular weight excluding hydrogens is 280 g/mol. The highest BCUT2D eigenvalue weighted by Gasteiger charge is 2.51. The van der Waals surface area contributed by atoms with Crippen LogP contribution in [0.15, 0.2) is 42.0 Å². The molecule has 0 radical (unpaired) electrons. The summed E-state index contributed by atoms with van der Waals surface area (Å²) in [6.07, 6.45) is 5.35. The van der Waals surface area contributed by atoms with Gasteiger partial charge in [0, 0.05) is 39.3 Å². The maximum absolute atomic E-state index is 2.68. The fourth-order valence-electron chi connectivity index (χ4n) is 4.86. The van der Waals surface area contributed by atoms with Gasteiger partial charge in [0.05, 0.1) is 0 Å². The summed E-state index contributed by atoms with van der Waals surface area (Å²) in [5, 5.41) is 0. The summed E-state index contributed by atoms with van der Waals surface area (Å²) in [4.78, 5) is 5.28. The topological polar surface area (TPSA) is 6.48 Å². The minimum absolute atomic E-state index is 0.569. The van der Waals surface area contributed by atoms with E-state index in [0.29, 0.717) is 5.41 Å². The highest BCUT2D eigenvalue weighted by atomic mass is 15.3. The van der Waals surface area contributed by atoms with Gasteiger partial charge >= 0.3 is 0 Å². The third-order valence-electron chi connectivity index (χ3n) is 6.70. The summed E-state index contributed by atoms with van der Waals surface area (Å²) in [6.45, 7) is 12.2. The van der Waals surface area contributed by atoms with Crippen molar-refractivity contribution in [2.45, 2.75) is 33.2 Å². The van der Waals surface area contributed by atoms with Gasteiger partial charge in [0.15, 0.2) is 0 Å². The molecule has 1 aromatic rings. The van der Waals surface area contributed by atoms with E-state index in [2.05, 4.69) is 60.1 Å². The van der Waals surface area contributed by atoms with E-state index in [0.717, 1.165) is 18.4 Å². The van der Waals surface area contributed by atoms with Gasteiger partial charge in [0.1, 0.15) is 0 Å². The third kappa shape index (κ3) is 2.99. The molecular formula is C21H30N2. The Kier molecular flexibility index (Phi) is 4.07. The van der Waals surface area contributed by atoms with Crippen molar-refractivity contribution in [3.05, 3.63) is 47.5 Å². The van der Waals surface area contributed by atoms with Crippen molar-refractivity contribution in [3.8, 4) is 0 Å². The van der Waals surface area contributed by atoms with Gasteiger partial charge in [-0.2, -0.15) is 0 Å². The molecule has 1 aliphatic heterocycles. The van der Waals surface area contributed by atoms with Crippen LogP contribution in [-0.4, -0.2) is 42.5 Å². The van der Waals surface area contributed by atoms with E-state index >= 15 is 0 Å². The lowest BCUT2D eigenvalue weighted by Gasteiger charge is -2.57. The first-order chi connectivity index (χ1) is 11.1. The first kappa shape index (κ1) is 15.4. The molecule has 5 rings (SSSR count). The van der Waals surface area contributed by atoms with E-state index < -0.39 is 0 Å². The number of nitrogens with zero attached hydrogens (tertiary/aromatic N) is 2. The zero-order valence-electron chi connectivity index (χ0n) is 14.7. The summed E-state index contributed by atoms with van der Waals surface area (Å²) >= 11 is 0. The highest BCUT2D eigenvalue weighted by molar-refractivity contribution is 5.24. The Bertz CT molecular complexity index is 567. The van der Waals surface area contributed by atoms with Crippen molar-refractivity contribution < 1.29 is 0 Å². The summed E-state index contributed by atoms with van der Waals surface area (Å²) in [5.74, 6) is 1.82. The number of rotatable bonds is 4. The predicted molar refractivity (Wildman–Crippen MR) is 96.2 cm³/mol. The molecule has 0 amide bonds. The lowest BCUT2D eigenvalue weighted by Crippen LogP contribution is -2.52. The van der Waals surface area contributed by atoms with Crippen molar-refractivity contribution in [1.29, 1.82) is 0 Å². The van der Waals surface area contributed by atoms with Crippen molar-refractivity contribution in [1.82, 2.24) is 9.80 Å². The van der Waals surface area contributed by atoms with Crippen LogP contribution in [0.25, 0.3) is 0 Å². The SMILES string of the molecule is CC1(C)[C@@H]2CC=C(CN3CCN(Cc4ccccc4)CC3)[C@@H]1C2. The van der Waals surface area contributed by atoms with Crippen molar-refractivity contribution >= 4 is 0 Å². The molecule has 1 heterocycles. The van der Waals surface area contributed by atoms with E-state index in [1.54, 1.807) is 5.57 Å². The van der Waals surface area contributed by atoms with Crippen molar-refractivity contribution in [2.24, 2.45) is 17.3 Å². The summed E-state index contributed by atoms with van der Waals surface area (Å²) < 4.78 is 0. The summed E-state index contributed by atoms with van der Waals surface area (Å²) in [5.41, 5.74) is 3.76. The molecule has 0 spiro atoms. The standard InChI is InChI=1S/C21H30N2/c1-21(2)19-9-8-18(20(21)14-19)16-23-12-10-22(11-13-23)15-17-6-4-3-5-7-17/h3-8,19-20H,9-16H2,1-2H3/t19-,20+/m1/s1. The smallest absolute Gasteiger partial charge is 0.0234 e. The zero-order chi connectivity index (χ0) is 15.9. The molecule has 1 saturated carbocycles. The van der Waals surface area contributed by atoms with E-state index in [1.165, 1.54) is 51.1 Å². The number of hydrogen-bond donors (Lipinski definition) is 0. The number of hydrogen-bond acceptors (Lipinski definition) is 2. The van der Waals surface area contributed by atoms with E-state index in [-0.39, 0.29) is 0 Å². The second-order valence-corrected chi connectivity index (χ2v) is 8.36. The van der Waals surface area contributed by atoms with E-state index in [9.17, 15) is 0 Å². The van der Waals surface area contributed by atoms with Crippen molar-refractivity contribution in [2.75, 3.05) is 32.7 Å². The maximum Gasteiger partial charge on any atom is 0.0234 e. The van der Waals surface area contributed by atoms with Gasteiger partial charge in [-0.15, -0.1) is 0 Å². The van der Waals surface area contributed by atoms with Gasteiger partial charge in [0.2, 0.25) is 0 Å². The van der Waals surface area contributed by atoms with Gasteiger partial charge in [-0.1, -0.05) is 55.8 Å². The first-order valence-corrected chi connectivity index (χ1v) is 9.30. The van der Waals surface area contributed by atoms with Crippen molar-refractivity contribution in [3.63, 3.8) is 0 Å². The molecule has 2 heteroatoms. The van der Waals surface area contributed by atoms with Gasteiger partial charge < -0.3 is 0 Å². The summed E-state index contributed by atoms with van der Waals surface area (Å²) in [7, 11) is 0. The molecule has 2 bridgehead atoms. The Hall–Kier alpha value is -1.12. The average Bonchev–Trinajstić information content (AvgIpc) is 2.57. The molecule has 2 fully saturated rings. The fraction of sp³-hybridized carbons (Fsp3) is 0.619. The van der Waals surface area contributed by atoms with Crippen LogP contribution >= 0.6 is 0 Å². The molecule has 2 atom stereocenters. The first-order valence-electron chi connectivity index (χ1n) is 9.30. The van der Waals surface area contributed by atoms with Crippen LogP contribution in [0.5, 0.6) is 0 Å². The lowest BCUT2D eigenvalue weighted by atomic mass is 9.49. The number of allylic oxidation sites excluding steroid dienone is 1. The molecule has 0 unspecified atom stereocenters. The minimum Gasteiger partial charge on any atom is -0.297 e. The number of fused-ring (bicyclic) bond motifs is 1. The Morgan fingerprint density at radius 1 is 0.957 bits per heavy atom. The molecule has 124 valence electrons. The van der Waals surface area contributed by atoms with Gasteiger partial charge in [-0.3, -0.25) is 9.80 Å². The Morgan fingerprint density at radius 3 is 2.22 bits per heavy atom. The van der Waals surface area contributed by atoms with Crippen LogP contribution in [-0.2, 0) is 6.54 Å². The quantitative estimate of drug-likeness (QED) is 0.781. The molecule has 1 aromatic carbocycles. The Balaban J connectivity index is 1.28. The van der Waals surface area contributed by atoms with Crippen LogP contribution in [0.3, 0.4) is 0 Å². The van der Waals surface area contributed by atoms with Crippen LogP contribution in [0.2, 0.25) is 0 Å². The van der Waals surface area contributed by atoms with Crippen LogP contribution in [0.4, 0.5) is 0 Å². The molecule has 4 aliphatic rings. The molecule has 2 nitrogen and oxygen atoms in total. The van der Waals surface area contributed by atoms with E-state index in [4.69, 9.17) is 0 Å². The minimum atomic E-state index is 0.569. The second kappa shape index (κ2) is 6.07. The monoisotopic (exact) mass is 310 g/mol. The van der Waals surface area contributed by atoms with E-state index in [1.807, 2.05) is 0 Å². The Morgan fingerprint density at radius 2 is 1.61 bits per heavy atom. The van der Waals surface area contributed by atoms with Gasteiger partial charge in [0.25, 0.3) is 0 Å². The van der Waals surface area contributed by atoms with Gasteiger partial charge in [-0.25, -0.2) is 0 Å². The van der Waals surface area contributed by atoms with Crippen LogP contribution < -0.4 is 0 Å². The molecule has 23 heavy (non-hydrogen) atoms. The Labute approximate surface area is 141 Å². The zero-order valence-corrected chi connectivity index (χ0v) is 14.7. The molecule has 1 saturated heterocycles. The number of benzene rings is 1. The molecule has 3 aliphatic carbocycles. The average molecular weight is 310 g/mol. The second-order valence-electron chi connectivity index (χ2n) is 8.36. The summed E-state index contributed by atoms with van der Waals surface area (Å²) in [6, 6.07) is 10.9. The lowest BCUT2D eigenvalue weighted by molar-refractivity contribution is -0.0121. The predicted octanol–water partition coefficient (Wildman–Crippen LogP) is 3.80. The number of piperazine rings is 1. The normalized spacial score (nSPS) is 30.6. The van der Waals surface area contributed by atoms with Gasteiger partial charge in [-0.05, 0) is 35.7 Å². The molecule has 0 N–H and O–H groups in total. The van der Waals surface area contributed by atoms with Crippen LogP contribution in [0, 0.1) is 17.3 Å². The fourth-order valence-corrected chi connectivity index (χ4v) is 4.86. The maximum atomic E-state index is 2.68.